The van der Waals surface area contributed by atoms with Gasteiger partial charge in [0, 0.05) is 11.3 Å². The molecule has 1 unspecified atom stereocenters. The highest BCUT2D eigenvalue weighted by Gasteiger charge is 2.12. The average molecular weight is 451 g/mol. The van der Waals surface area contributed by atoms with E-state index in [9.17, 15) is 4.79 Å². The van der Waals surface area contributed by atoms with Gasteiger partial charge in [-0.2, -0.15) is 0 Å². The van der Waals surface area contributed by atoms with Gasteiger partial charge in [0.05, 0.1) is 15.2 Å². The second kappa shape index (κ2) is 9.50. The largest absolute Gasteiger partial charge is 0.484 e. The monoisotopic (exact) mass is 450 g/mol. The van der Waals surface area contributed by atoms with E-state index in [0.29, 0.717) is 22.4 Å². The third-order valence-electron chi connectivity index (χ3n) is 5.21. The summed E-state index contributed by atoms with van der Waals surface area (Å²) in [5.41, 5.74) is 3.68. The van der Waals surface area contributed by atoms with E-state index in [2.05, 4.69) is 24.1 Å². The van der Waals surface area contributed by atoms with Gasteiger partial charge in [-0.25, -0.2) is 4.98 Å². The van der Waals surface area contributed by atoms with Crippen LogP contribution in [0.3, 0.4) is 0 Å². The van der Waals surface area contributed by atoms with Crippen LogP contribution in [0.25, 0.3) is 20.8 Å². The molecule has 4 nitrogen and oxygen atoms in total. The van der Waals surface area contributed by atoms with E-state index in [1.807, 2.05) is 60.7 Å². The number of thiazole rings is 1. The zero-order chi connectivity index (χ0) is 21.8. The maximum Gasteiger partial charge on any atom is 0.262 e. The topological polar surface area (TPSA) is 51.2 Å². The fourth-order valence-corrected chi connectivity index (χ4v) is 4.56. The lowest BCUT2D eigenvalue weighted by Crippen LogP contribution is -2.20. The minimum absolute atomic E-state index is 0.0695. The van der Waals surface area contributed by atoms with Crippen molar-refractivity contribution in [1.29, 1.82) is 0 Å². The molecule has 0 radical (unpaired) electrons. The smallest absolute Gasteiger partial charge is 0.262 e. The van der Waals surface area contributed by atoms with Gasteiger partial charge in [-0.3, -0.25) is 4.79 Å². The number of benzene rings is 3. The second-order valence-corrected chi connectivity index (χ2v) is 8.83. The molecular formula is C25H23ClN2O2S. The lowest BCUT2D eigenvalue weighted by Gasteiger charge is -2.11. The zero-order valence-electron chi connectivity index (χ0n) is 17.4. The molecule has 0 spiro atoms. The number of hydrogen-bond donors (Lipinski definition) is 1. The van der Waals surface area contributed by atoms with Crippen LogP contribution in [0, 0.1) is 0 Å². The Balaban J connectivity index is 1.38. The highest BCUT2D eigenvalue weighted by molar-refractivity contribution is 7.21. The van der Waals surface area contributed by atoms with Crippen molar-refractivity contribution in [1.82, 2.24) is 4.98 Å². The number of halogens is 1. The van der Waals surface area contributed by atoms with Gasteiger partial charge in [-0.05, 0) is 60.4 Å². The first-order valence-corrected chi connectivity index (χ1v) is 11.4. The number of ether oxygens (including phenoxy) is 1. The first-order chi connectivity index (χ1) is 15.0. The van der Waals surface area contributed by atoms with Gasteiger partial charge >= 0.3 is 0 Å². The molecule has 4 aromatic rings. The number of carbonyl (C=O) groups is 1. The van der Waals surface area contributed by atoms with Gasteiger partial charge in [0.1, 0.15) is 10.8 Å². The van der Waals surface area contributed by atoms with Crippen molar-refractivity contribution in [3.8, 4) is 16.3 Å². The van der Waals surface area contributed by atoms with Crippen LogP contribution in [0.4, 0.5) is 5.69 Å². The molecule has 1 amide bonds. The van der Waals surface area contributed by atoms with Crippen molar-refractivity contribution in [3.05, 3.63) is 77.3 Å². The quantitative estimate of drug-likeness (QED) is 0.325. The molecule has 0 saturated heterocycles. The first kappa shape index (κ1) is 21.3. The summed E-state index contributed by atoms with van der Waals surface area (Å²) in [5.74, 6) is 0.939. The minimum Gasteiger partial charge on any atom is -0.484 e. The van der Waals surface area contributed by atoms with Gasteiger partial charge in [0.25, 0.3) is 5.91 Å². The molecule has 1 N–H and O–H groups in total. The molecule has 3 aromatic carbocycles. The third kappa shape index (κ3) is 5.06. The summed E-state index contributed by atoms with van der Waals surface area (Å²) in [4.78, 5) is 16.9. The summed E-state index contributed by atoms with van der Waals surface area (Å²) < 4.78 is 6.72. The molecule has 0 bridgehead atoms. The molecule has 1 heterocycles. The Labute approximate surface area is 190 Å². The first-order valence-electron chi connectivity index (χ1n) is 10.2. The zero-order valence-corrected chi connectivity index (χ0v) is 19.0. The summed E-state index contributed by atoms with van der Waals surface area (Å²) in [6.45, 7) is 4.29. The molecule has 158 valence electrons. The third-order valence-corrected chi connectivity index (χ3v) is 6.59. The average Bonchev–Trinajstić information content (AvgIpc) is 3.21. The number of rotatable bonds is 7. The van der Waals surface area contributed by atoms with Crippen molar-refractivity contribution in [2.24, 2.45) is 0 Å². The van der Waals surface area contributed by atoms with Crippen LogP contribution in [0.2, 0.25) is 5.02 Å². The predicted octanol–water partition coefficient (Wildman–Crippen LogP) is 7.15. The van der Waals surface area contributed by atoms with E-state index in [0.717, 1.165) is 27.2 Å². The fraction of sp³-hybridized carbons (Fsp3) is 0.200. The van der Waals surface area contributed by atoms with Crippen LogP contribution in [0.15, 0.2) is 66.7 Å². The summed E-state index contributed by atoms with van der Waals surface area (Å²) in [7, 11) is 0. The highest BCUT2D eigenvalue weighted by atomic mass is 35.5. The van der Waals surface area contributed by atoms with E-state index >= 15 is 0 Å². The number of hydrogen-bond acceptors (Lipinski definition) is 4. The Kier molecular flexibility index (Phi) is 6.54. The van der Waals surface area contributed by atoms with Crippen molar-refractivity contribution in [2.75, 3.05) is 11.9 Å². The number of nitrogens with zero attached hydrogens (tertiary/aromatic N) is 1. The number of amides is 1. The Hall–Kier alpha value is -2.89. The van der Waals surface area contributed by atoms with Crippen LogP contribution >= 0.6 is 22.9 Å². The van der Waals surface area contributed by atoms with E-state index in [1.54, 1.807) is 17.4 Å². The van der Waals surface area contributed by atoms with Crippen molar-refractivity contribution >= 4 is 44.7 Å². The second-order valence-electron chi connectivity index (χ2n) is 7.40. The van der Waals surface area contributed by atoms with E-state index in [4.69, 9.17) is 16.3 Å². The standard InChI is InChI=1S/C25H23ClN2O2S/c1-3-16(2)17-8-11-19(12-9-17)30-15-24(29)27-18-10-13-20(21(26)14-18)25-28-22-6-4-5-7-23(22)31-25/h4-14,16H,3,15H2,1-2H3,(H,27,29). The van der Waals surface area contributed by atoms with Crippen molar-refractivity contribution in [3.63, 3.8) is 0 Å². The van der Waals surface area contributed by atoms with E-state index in [-0.39, 0.29) is 12.5 Å². The number of nitrogens with one attached hydrogen (secondary N) is 1. The lowest BCUT2D eigenvalue weighted by atomic mass is 9.99. The molecule has 0 aliphatic carbocycles. The molecule has 1 aromatic heterocycles. The molecule has 4 rings (SSSR count). The number of aromatic nitrogens is 1. The van der Waals surface area contributed by atoms with Gasteiger partial charge < -0.3 is 10.1 Å². The van der Waals surface area contributed by atoms with E-state index < -0.39 is 0 Å². The Morgan fingerprint density at radius 1 is 1.13 bits per heavy atom. The molecule has 1 atom stereocenters. The molecule has 0 aliphatic rings. The lowest BCUT2D eigenvalue weighted by molar-refractivity contribution is -0.118. The summed E-state index contributed by atoms with van der Waals surface area (Å²) in [6, 6.07) is 21.3. The summed E-state index contributed by atoms with van der Waals surface area (Å²) in [6.07, 6.45) is 1.09. The minimum atomic E-state index is -0.241. The number of carbonyl (C=O) groups excluding carboxylic acids is 1. The van der Waals surface area contributed by atoms with E-state index in [1.165, 1.54) is 5.56 Å². The van der Waals surface area contributed by atoms with Gasteiger partial charge in [-0.15, -0.1) is 11.3 Å². The fourth-order valence-electron chi connectivity index (χ4n) is 3.23. The molecular weight excluding hydrogens is 428 g/mol. The van der Waals surface area contributed by atoms with Gasteiger partial charge in [-0.1, -0.05) is 49.7 Å². The van der Waals surface area contributed by atoms with Crippen molar-refractivity contribution in [2.45, 2.75) is 26.2 Å². The Morgan fingerprint density at radius 3 is 2.61 bits per heavy atom. The van der Waals surface area contributed by atoms with Gasteiger partial charge in [0.2, 0.25) is 0 Å². The van der Waals surface area contributed by atoms with Crippen LogP contribution in [0.5, 0.6) is 5.75 Å². The van der Waals surface area contributed by atoms with Crippen LogP contribution in [-0.2, 0) is 4.79 Å². The maximum atomic E-state index is 12.3. The SMILES string of the molecule is CCC(C)c1ccc(OCC(=O)Nc2ccc(-c3nc4ccccc4s3)c(Cl)c2)cc1. The van der Waals surface area contributed by atoms with Crippen LogP contribution in [0.1, 0.15) is 31.7 Å². The van der Waals surface area contributed by atoms with Gasteiger partial charge in [0.15, 0.2) is 6.61 Å². The predicted molar refractivity (Wildman–Crippen MR) is 129 cm³/mol. The summed E-state index contributed by atoms with van der Waals surface area (Å²) in [5, 5.41) is 4.23. The number of anilines is 1. The van der Waals surface area contributed by atoms with Crippen LogP contribution < -0.4 is 10.1 Å². The molecule has 0 saturated carbocycles. The van der Waals surface area contributed by atoms with Crippen molar-refractivity contribution < 1.29 is 9.53 Å². The Bertz CT molecular complexity index is 1170. The molecule has 0 fully saturated rings. The number of fused-ring (bicyclic) bond motifs is 1. The van der Waals surface area contributed by atoms with Crippen LogP contribution in [-0.4, -0.2) is 17.5 Å². The molecule has 0 aliphatic heterocycles. The summed E-state index contributed by atoms with van der Waals surface area (Å²) >= 11 is 8.08. The normalized spacial score (nSPS) is 12.0. The highest BCUT2D eigenvalue weighted by Crippen LogP contribution is 2.35. The molecule has 31 heavy (non-hydrogen) atoms. The number of para-hydroxylation sites is 1. The Morgan fingerprint density at radius 2 is 1.90 bits per heavy atom. The molecule has 6 heteroatoms. The maximum absolute atomic E-state index is 12.3.